The monoisotopic (exact) mass is 907 g/mol. The molecule has 3 aromatic rings. The van der Waals surface area contributed by atoms with Crippen LogP contribution in [-0.4, -0.2) is 62.1 Å². The number of hydrogen-bond donors (Lipinski definition) is 2. The molecule has 1 unspecified atom stereocenters. The van der Waals surface area contributed by atoms with Crippen molar-refractivity contribution < 1.29 is 28.7 Å². The van der Waals surface area contributed by atoms with Crippen LogP contribution < -0.4 is 25.2 Å². The van der Waals surface area contributed by atoms with E-state index in [9.17, 15) is 24.0 Å². The second-order valence-corrected chi connectivity index (χ2v) is 18.9. The molecule has 66 heavy (non-hydrogen) atoms. The maximum Gasteiger partial charge on any atom is 0.251 e. The minimum absolute atomic E-state index is 0.0593. The third-order valence-electron chi connectivity index (χ3n) is 13.7. The van der Waals surface area contributed by atoms with Crippen LogP contribution in [0.25, 0.3) is 6.08 Å². The van der Waals surface area contributed by atoms with Gasteiger partial charge in [0.25, 0.3) is 5.91 Å². The van der Waals surface area contributed by atoms with Crippen LogP contribution in [0.3, 0.4) is 0 Å². The van der Waals surface area contributed by atoms with Crippen LogP contribution in [0.1, 0.15) is 165 Å². The highest BCUT2D eigenvalue weighted by atomic mass is 16.5. The molecule has 3 amide bonds. The summed E-state index contributed by atoms with van der Waals surface area (Å²) in [6.45, 7) is 34.8. The minimum Gasteiger partial charge on any atom is -0.489 e. The fourth-order valence-electron chi connectivity index (χ4n) is 9.50. The molecular formula is C56H82N4O6. The van der Waals surface area contributed by atoms with Gasteiger partial charge >= 0.3 is 0 Å². The molecule has 2 saturated carbocycles. The van der Waals surface area contributed by atoms with Gasteiger partial charge in [0, 0.05) is 84.5 Å². The van der Waals surface area contributed by atoms with Crippen LogP contribution in [0.2, 0.25) is 0 Å². The van der Waals surface area contributed by atoms with Gasteiger partial charge in [-0.05, 0) is 142 Å². The molecule has 3 aliphatic heterocycles. The second kappa shape index (κ2) is 25.6. The Morgan fingerprint density at radius 3 is 1.92 bits per heavy atom. The minimum atomic E-state index is -0.138. The lowest BCUT2D eigenvalue weighted by atomic mass is 9.46. The van der Waals surface area contributed by atoms with E-state index in [2.05, 4.69) is 113 Å². The molecule has 0 spiro atoms. The molecule has 0 bridgehead atoms. The normalized spacial score (nSPS) is 21.0. The predicted octanol–water partition coefficient (Wildman–Crippen LogP) is 11.7. The molecule has 362 valence electrons. The molecule has 10 heteroatoms. The van der Waals surface area contributed by atoms with Gasteiger partial charge in [0.2, 0.25) is 11.8 Å². The molecule has 3 aromatic carbocycles. The highest BCUT2D eigenvalue weighted by Gasteiger charge is 2.61. The first-order chi connectivity index (χ1) is 31.4. The van der Waals surface area contributed by atoms with E-state index in [1.165, 1.54) is 48.1 Å². The summed E-state index contributed by atoms with van der Waals surface area (Å²) in [5.74, 6) is 3.32. The van der Waals surface area contributed by atoms with Crippen LogP contribution >= 0.6 is 0 Å². The van der Waals surface area contributed by atoms with Gasteiger partial charge in [0.15, 0.2) is 5.78 Å². The van der Waals surface area contributed by atoms with Crippen LogP contribution in [-0.2, 0) is 20.9 Å². The standard InChI is InChI=1S/C20H28O2.C14H20N2O.C13H15NO.C5H7NO2.2C2H6/c1-13-10-11-17(16(14(13)2)9-8-12-21)22-18-19(4,5)15(3)20(18,6)7;1-3-7-16(8-4-2)12-5-6-13-11(9-12)10-15-14(13)17;1-9(15)10-2-4-13(5-3-10)14-7-11-6-12(11)8-14;7-4-2-1-3-5(8)6-4;2*1-2/h8-12,15,18H,1-7H3;5-6,9H,3-4,7-8,10H2,1-2H3,(H,15,17);2-5,11-12H,6-8H2,1H3;1-3H2,(H,6,7,8);2*1-2H3/b9-8-;;;;;/t;;11-,12?;;;/m..0.../s1. The number of fused-ring (bicyclic) bond motifs is 2. The largest absolute Gasteiger partial charge is 0.489 e. The Morgan fingerprint density at radius 1 is 0.848 bits per heavy atom. The molecule has 0 aromatic heterocycles. The van der Waals surface area contributed by atoms with E-state index in [1.54, 1.807) is 6.92 Å². The van der Waals surface area contributed by atoms with E-state index in [0.717, 1.165) is 72.1 Å². The van der Waals surface area contributed by atoms with Gasteiger partial charge in [-0.1, -0.05) is 82.2 Å². The first-order valence-electron chi connectivity index (χ1n) is 24.7. The number of imide groups is 1. The summed E-state index contributed by atoms with van der Waals surface area (Å²) >= 11 is 0. The maximum atomic E-state index is 11.5. The molecule has 8 rings (SSSR count). The summed E-state index contributed by atoms with van der Waals surface area (Å²) in [7, 11) is 0. The molecule has 4 fully saturated rings. The lowest BCUT2D eigenvalue weighted by molar-refractivity contribution is -0.190. The number of rotatable bonds is 11. The molecule has 0 radical (unpaired) electrons. The Balaban J connectivity index is 0.000000237. The SMILES string of the molecule is CC.CC.CC(=O)c1ccc(N2CC3C[C@H]3C2)cc1.CCCN(CCC)c1ccc2c(c1)CNC2=O.Cc1ccc(OC2C(C)(C)C(C)C2(C)C)c(/C=C\C=O)c1C.O=C1CCCC(=O)N1. The van der Waals surface area contributed by atoms with Crippen molar-refractivity contribution in [1.82, 2.24) is 10.6 Å². The molecule has 2 N–H and O–H groups in total. The third-order valence-corrected chi connectivity index (χ3v) is 13.7. The number of benzene rings is 3. The molecule has 2 saturated heterocycles. The quantitative estimate of drug-likeness (QED) is 0.0843. The van der Waals surface area contributed by atoms with E-state index in [0.29, 0.717) is 31.7 Å². The smallest absolute Gasteiger partial charge is 0.251 e. The molecule has 3 heterocycles. The first-order valence-corrected chi connectivity index (χ1v) is 24.7. The number of aldehydes is 1. The summed E-state index contributed by atoms with van der Waals surface area (Å²) in [6.07, 6.45) is 9.82. The van der Waals surface area contributed by atoms with E-state index in [1.807, 2.05) is 58.0 Å². The second-order valence-electron chi connectivity index (χ2n) is 18.9. The lowest BCUT2D eigenvalue weighted by Gasteiger charge is -2.62. The van der Waals surface area contributed by atoms with Gasteiger partial charge in [-0.25, -0.2) is 0 Å². The van der Waals surface area contributed by atoms with E-state index >= 15 is 0 Å². The molecule has 10 nitrogen and oxygen atoms in total. The number of carbonyl (C=O) groups is 5. The number of amides is 3. The molecule has 5 aliphatic rings. The molecule has 2 aliphatic carbocycles. The number of carbonyl (C=O) groups excluding carboxylic acids is 5. The van der Waals surface area contributed by atoms with Crippen molar-refractivity contribution in [1.29, 1.82) is 0 Å². The summed E-state index contributed by atoms with van der Waals surface area (Å²) in [5, 5.41) is 5.06. The lowest BCUT2D eigenvalue weighted by Crippen LogP contribution is -2.64. The van der Waals surface area contributed by atoms with Gasteiger partial charge in [0.05, 0.1) is 0 Å². The number of aryl methyl sites for hydroxylation is 1. The van der Waals surface area contributed by atoms with Gasteiger partial charge in [-0.2, -0.15) is 0 Å². The number of nitrogens with one attached hydrogen (secondary N) is 2. The fraction of sp³-hybridized carbons (Fsp3) is 0.554. The Labute approximate surface area is 397 Å². The summed E-state index contributed by atoms with van der Waals surface area (Å²) < 4.78 is 6.45. The molecule has 2 atom stereocenters. The van der Waals surface area contributed by atoms with Gasteiger partial charge in [0.1, 0.15) is 18.1 Å². The Bertz CT molecular complexity index is 2080. The zero-order chi connectivity index (χ0) is 49.4. The van der Waals surface area contributed by atoms with E-state index in [4.69, 9.17) is 4.74 Å². The van der Waals surface area contributed by atoms with Crippen LogP contribution in [0.15, 0.2) is 60.7 Å². The van der Waals surface area contributed by atoms with Crippen molar-refractivity contribution in [2.75, 3.05) is 36.0 Å². The number of allylic oxidation sites excluding steroid dienone is 1. The maximum absolute atomic E-state index is 11.5. The van der Waals surface area contributed by atoms with Crippen molar-refractivity contribution in [3.8, 4) is 5.75 Å². The van der Waals surface area contributed by atoms with Crippen LogP contribution in [0, 0.1) is 42.4 Å². The number of ketones is 1. The van der Waals surface area contributed by atoms with Crippen molar-refractivity contribution in [3.05, 3.63) is 94.1 Å². The number of ether oxygens (including phenoxy) is 1. The summed E-state index contributed by atoms with van der Waals surface area (Å²) in [5.41, 5.74) is 8.96. The summed E-state index contributed by atoms with van der Waals surface area (Å²) in [6, 6.07) is 18.3. The van der Waals surface area contributed by atoms with E-state index in [-0.39, 0.29) is 40.4 Å². The topological polar surface area (TPSA) is 125 Å². The zero-order valence-corrected chi connectivity index (χ0v) is 42.9. The number of anilines is 2. The Morgan fingerprint density at radius 2 is 1.42 bits per heavy atom. The number of nitrogens with zero attached hydrogens (tertiary/aromatic N) is 2. The zero-order valence-electron chi connectivity index (χ0n) is 42.9. The Kier molecular flexibility index (Phi) is 21.4. The number of Topliss-reactive ketones (excluding diaryl/α,β-unsaturated/α-hetero) is 1. The molecular weight excluding hydrogens is 825 g/mol. The van der Waals surface area contributed by atoms with Crippen molar-refractivity contribution >= 4 is 47.2 Å². The van der Waals surface area contributed by atoms with Gasteiger partial charge < -0.3 is 19.9 Å². The van der Waals surface area contributed by atoms with Gasteiger partial charge in [-0.3, -0.25) is 29.3 Å². The van der Waals surface area contributed by atoms with Crippen molar-refractivity contribution in [3.63, 3.8) is 0 Å². The third kappa shape index (κ3) is 14.1. The van der Waals surface area contributed by atoms with Crippen LogP contribution in [0.5, 0.6) is 5.75 Å². The van der Waals surface area contributed by atoms with E-state index < -0.39 is 0 Å². The van der Waals surface area contributed by atoms with Gasteiger partial charge in [-0.15, -0.1) is 0 Å². The highest BCUT2D eigenvalue weighted by molar-refractivity contribution is 5.99. The highest BCUT2D eigenvalue weighted by Crippen LogP contribution is 2.60. The Hall–Kier alpha value is -5.25. The predicted molar refractivity (Wildman–Crippen MR) is 273 cm³/mol. The van der Waals surface area contributed by atoms with Crippen LogP contribution in [0.4, 0.5) is 11.4 Å². The average molecular weight is 907 g/mol. The fourth-order valence-corrected chi connectivity index (χ4v) is 9.50. The number of piperidine rings is 2. The average Bonchev–Trinajstić information content (AvgIpc) is 3.74. The number of hydrogen-bond acceptors (Lipinski definition) is 8. The van der Waals surface area contributed by atoms with Crippen molar-refractivity contribution in [2.45, 2.75) is 148 Å². The summed E-state index contributed by atoms with van der Waals surface area (Å²) in [4.78, 5) is 58.8. The first kappa shape index (κ1) is 55.1. The van der Waals surface area contributed by atoms with Crippen molar-refractivity contribution in [2.24, 2.45) is 28.6 Å².